The molecule has 1 aliphatic heterocycles. The van der Waals surface area contributed by atoms with Gasteiger partial charge in [0.25, 0.3) is 0 Å². The van der Waals surface area contributed by atoms with E-state index in [2.05, 4.69) is 4.90 Å². The maximum Gasteiger partial charge on any atom is 0.248 e. The van der Waals surface area contributed by atoms with E-state index in [1.807, 2.05) is 18.2 Å². The third-order valence-electron chi connectivity index (χ3n) is 2.87. The molecule has 4 nitrogen and oxygen atoms in total. The highest BCUT2D eigenvalue weighted by atomic mass is 16.3. The number of rotatable bonds is 3. The van der Waals surface area contributed by atoms with Crippen LogP contribution >= 0.6 is 0 Å². The Labute approximate surface area is 94.7 Å². The van der Waals surface area contributed by atoms with Crippen molar-refractivity contribution in [3.05, 3.63) is 35.4 Å². The predicted octanol–water partition coefficient (Wildman–Crippen LogP) is 0.352. The van der Waals surface area contributed by atoms with Gasteiger partial charge in [-0.2, -0.15) is 0 Å². The number of primary amides is 1. The minimum atomic E-state index is -0.400. The normalized spacial score (nSPS) is 21.2. The minimum absolute atomic E-state index is 0.209. The van der Waals surface area contributed by atoms with E-state index in [-0.39, 0.29) is 6.10 Å². The van der Waals surface area contributed by atoms with E-state index < -0.39 is 5.91 Å². The summed E-state index contributed by atoms with van der Waals surface area (Å²) in [6.07, 6.45) is 0.620. The summed E-state index contributed by atoms with van der Waals surface area (Å²) >= 11 is 0. The van der Waals surface area contributed by atoms with E-state index in [0.29, 0.717) is 12.1 Å². The lowest BCUT2D eigenvalue weighted by Gasteiger charge is -2.15. The first-order valence-corrected chi connectivity index (χ1v) is 5.44. The van der Waals surface area contributed by atoms with Crippen LogP contribution in [0.2, 0.25) is 0 Å². The quantitative estimate of drug-likeness (QED) is 0.772. The Kier molecular flexibility index (Phi) is 3.22. The molecule has 0 radical (unpaired) electrons. The van der Waals surface area contributed by atoms with Crippen molar-refractivity contribution in [2.24, 2.45) is 5.73 Å². The Balaban J connectivity index is 2.04. The Morgan fingerprint density at radius 1 is 1.56 bits per heavy atom. The van der Waals surface area contributed by atoms with Crippen LogP contribution < -0.4 is 5.73 Å². The van der Waals surface area contributed by atoms with E-state index in [1.54, 1.807) is 6.07 Å². The molecule has 1 saturated heterocycles. The first kappa shape index (κ1) is 11.1. The number of hydrogen-bond donors (Lipinski definition) is 2. The van der Waals surface area contributed by atoms with Crippen molar-refractivity contribution >= 4 is 5.91 Å². The number of aliphatic hydroxyl groups excluding tert-OH is 1. The number of amides is 1. The lowest BCUT2D eigenvalue weighted by atomic mass is 10.1. The second-order valence-corrected chi connectivity index (χ2v) is 4.24. The van der Waals surface area contributed by atoms with Crippen LogP contribution in [0.15, 0.2) is 24.3 Å². The summed E-state index contributed by atoms with van der Waals surface area (Å²) in [4.78, 5) is 13.2. The van der Waals surface area contributed by atoms with Gasteiger partial charge in [0, 0.05) is 25.2 Å². The Morgan fingerprint density at radius 3 is 3.00 bits per heavy atom. The molecule has 0 aromatic heterocycles. The van der Waals surface area contributed by atoms with Crippen LogP contribution in [-0.4, -0.2) is 35.1 Å². The zero-order valence-corrected chi connectivity index (χ0v) is 9.10. The molecule has 1 heterocycles. The van der Waals surface area contributed by atoms with Crippen molar-refractivity contribution < 1.29 is 9.90 Å². The maximum atomic E-state index is 11.0. The van der Waals surface area contributed by atoms with Crippen LogP contribution in [0.25, 0.3) is 0 Å². The van der Waals surface area contributed by atoms with E-state index in [9.17, 15) is 9.90 Å². The number of nitrogens with two attached hydrogens (primary N) is 1. The van der Waals surface area contributed by atoms with Crippen LogP contribution in [0, 0.1) is 0 Å². The van der Waals surface area contributed by atoms with Crippen molar-refractivity contribution in [3.8, 4) is 0 Å². The first-order chi connectivity index (χ1) is 7.65. The molecule has 1 aromatic rings. The molecule has 1 fully saturated rings. The lowest BCUT2D eigenvalue weighted by Crippen LogP contribution is -2.21. The molecule has 0 aliphatic carbocycles. The second kappa shape index (κ2) is 4.63. The van der Waals surface area contributed by atoms with Crippen LogP contribution in [0.3, 0.4) is 0 Å². The first-order valence-electron chi connectivity index (χ1n) is 5.44. The SMILES string of the molecule is NC(=O)c1cccc(CN2CC[C@@H](O)C2)c1. The largest absolute Gasteiger partial charge is 0.392 e. The monoisotopic (exact) mass is 220 g/mol. The van der Waals surface area contributed by atoms with E-state index in [4.69, 9.17) is 5.73 Å². The van der Waals surface area contributed by atoms with Gasteiger partial charge in [-0.1, -0.05) is 12.1 Å². The second-order valence-electron chi connectivity index (χ2n) is 4.24. The summed E-state index contributed by atoms with van der Waals surface area (Å²) in [7, 11) is 0. The zero-order chi connectivity index (χ0) is 11.5. The van der Waals surface area contributed by atoms with Crippen LogP contribution in [0.5, 0.6) is 0 Å². The Hall–Kier alpha value is -1.39. The fourth-order valence-electron chi connectivity index (χ4n) is 2.04. The fourth-order valence-corrected chi connectivity index (χ4v) is 2.04. The number of carbonyl (C=O) groups is 1. The number of carbonyl (C=O) groups excluding carboxylic acids is 1. The highest BCUT2D eigenvalue weighted by Gasteiger charge is 2.19. The molecular weight excluding hydrogens is 204 g/mol. The van der Waals surface area contributed by atoms with Gasteiger partial charge in [0.2, 0.25) is 5.91 Å². The molecule has 4 heteroatoms. The van der Waals surface area contributed by atoms with Crippen LogP contribution in [-0.2, 0) is 6.54 Å². The van der Waals surface area contributed by atoms with Gasteiger partial charge in [-0.05, 0) is 24.1 Å². The number of nitrogens with zero attached hydrogens (tertiary/aromatic N) is 1. The number of β-amino-alcohol motifs (C(OH)–C–C–N with tert-alkyl or cyclic N) is 1. The molecular formula is C12H16N2O2. The summed E-state index contributed by atoms with van der Waals surface area (Å²) in [6.45, 7) is 2.38. The Morgan fingerprint density at radius 2 is 2.38 bits per heavy atom. The van der Waals surface area contributed by atoms with Gasteiger partial charge in [0.1, 0.15) is 0 Å². The van der Waals surface area contributed by atoms with Gasteiger partial charge in [0.05, 0.1) is 6.10 Å². The molecule has 2 rings (SSSR count). The van der Waals surface area contributed by atoms with Gasteiger partial charge >= 0.3 is 0 Å². The van der Waals surface area contributed by atoms with E-state index >= 15 is 0 Å². The molecule has 1 amide bonds. The van der Waals surface area contributed by atoms with Gasteiger partial charge in [-0.25, -0.2) is 0 Å². The predicted molar refractivity (Wildman–Crippen MR) is 60.9 cm³/mol. The zero-order valence-electron chi connectivity index (χ0n) is 9.10. The van der Waals surface area contributed by atoms with E-state index in [0.717, 1.165) is 25.1 Å². The minimum Gasteiger partial charge on any atom is -0.392 e. The Bertz CT molecular complexity index is 392. The van der Waals surface area contributed by atoms with Gasteiger partial charge in [-0.3, -0.25) is 9.69 Å². The topological polar surface area (TPSA) is 66.6 Å². The summed E-state index contributed by atoms with van der Waals surface area (Å²) < 4.78 is 0. The molecule has 0 bridgehead atoms. The summed E-state index contributed by atoms with van der Waals surface area (Å²) in [5.74, 6) is -0.400. The number of aliphatic hydroxyl groups is 1. The number of benzene rings is 1. The molecule has 0 spiro atoms. The average molecular weight is 220 g/mol. The molecule has 3 N–H and O–H groups in total. The highest BCUT2D eigenvalue weighted by Crippen LogP contribution is 2.14. The third-order valence-corrected chi connectivity index (χ3v) is 2.87. The van der Waals surface area contributed by atoms with Crippen molar-refractivity contribution in [3.63, 3.8) is 0 Å². The summed E-state index contributed by atoms with van der Waals surface area (Å²) in [5, 5.41) is 9.40. The molecule has 0 saturated carbocycles. The maximum absolute atomic E-state index is 11.0. The van der Waals surface area contributed by atoms with Crippen molar-refractivity contribution in [2.45, 2.75) is 19.1 Å². The summed E-state index contributed by atoms with van der Waals surface area (Å²) in [6, 6.07) is 7.33. The van der Waals surface area contributed by atoms with Gasteiger partial charge in [-0.15, -0.1) is 0 Å². The van der Waals surface area contributed by atoms with Crippen molar-refractivity contribution in [1.82, 2.24) is 4.90 Å². The molecule has 1 aliphatic rings. The van der Waals surface area contributed by atoms with E-state index in [1.165, 1.54) is 0 Å². The standard InChI is InChI=1S/C12H16N2O2/c13-12(16)10-3-1-2-9(6-10)7-14-5-4-11(15)8-14/h1-3,6,11,15H,4-5,7-8H2,(H2,13,16)/t11-/m1/s1. The fraction of sp³-hybridized carbons (Fsp3) is 0.417. The van der Waals surface area contributed by atoms with Crippen LogP contribution in [0.4, 0.5) is 0 Å². The number of likely N-dealkylation sites (tertiary alicyclic amines) is 1. The van der Waals surface area contributed by atoms with Crippen LogP contribution in [0.1, 0.15) is 22.3 Å². The summed E-state index contributed by atoms with van der Waals surface area (Å²) in [5.41, 5.74) is 6.82. The molecule has 0 unspecified atom stereocenters. The molecule has 16 heavy (non-hydrogen) atoms. The number of hydrogen-bond acceptors (Lipinski definition) is 3. The van der Waals surface area contributed by atoms with Gasteiger partial charge < -0.3 is 10.8 Å². The van der Waals surface area contributed by atoms with Gasteiger partial charge in [0.15, 0.2) is 0 Å². The third kappa shape index (κ3) is 2.59. The molecule has 1 aromatic carbocycles. The average Bonchev–Trinajstić information content (AvgIpc) is 2.64. The smallest absolute Gasteiger partial charge is 0.248 e. The molecule has 1 atom stereocenters. The van der Waals surface area contributed by atoms with Crippen molar-refractivity contribution in [1.29, 1.82) is 0 Å². The van der Waals surface area contributed by atoms with Crippen molar-refractivity contribution in [2.75, 3.05) is 13.1 Å². The highest BCUT2D eigenvalue weighted by molar-refractivity contribution is 5.92. The lowest BCUT2D eigenvalue weighted by molar-refractivity contribution is 0.1000. The molecule has 86 valence electrons.